The summed E-state index contributed by atoms with van der Waals surface area (Å²) in [5.74, 6) is 1.51. The zero-order valence-corrected chi connectivity index (χ0v) is 18.4. The first-order valence-corrected chi connectivity index (χ1v) is 11.2. The summed E-state index contributed by atoms with van der Waals surface area (Å²) in [4.78, 5) is 19.0. The molecule has 0 radical (unpaired) electrons. The number of carbonyl (C=O) groups is 1. The van der Waals surface area contributed by atoms with E-state index in [0.717, 1.165) is 11.3 Å². The molecule has 1 amide bonds. The molecule has 1 saturated heterocycles. The van der Waals surface area contributed by atoms with Crippen LogP contribution in [0, 0.1) is 0 Å². The van der Waals surface area contributed by atoms with Crippen LogP contribution in [-0.2, 0) is 16.9 Å². The van der Waals surface area contributed by atoms with Crippen LogP contribution in [0.3, 0.4) is 0 Å². The number of methoxy groups -OCH3 is 2. The Morgan fingerprint density at radius 2 is 2.07 bits per heavy atom. The number of likely N-dealkylation sites (tertiary alicyclic amines) is 1. The third-order valence-electron chi connectivity index (χ3n) is 5.49. The largest absolute Gasteiger partial charge is 0.493 e. The van der Waals surface area contributed by atoms with Crippen LogP contribution in [0.15, 0.2) is 42.6 Å². The van der Waals surface area contributed by atoms with E-state index in [2.05, 4.69) is 15.2 Å². The van der Waals surface area contributed by atoms with Crippen LogP contribution in [0.25, 0.3) is 0 Å². The van der Waals surface area contributed by atoms with E-state index in [0.29, 0.717) is 43.3 Å². The third-order valence-corrected chi connectivity index (χ3v) is 6.04. The average molecular weight is 432 g/mol. The summed E-state index contributed by atoms with van der Waals surface area (Å²) >= 11 is 1.47. The summed E-state index contributed by atoms with van der Waals surface area (Å²) in [5.41, 5.74) is 0.864. The molecule has 0 saturated carbocycles. The van der Waals surface area contributed by atoms with E-state index in [-0.39, 0.29) is 5.91 Å². The van der Waals surface area contributed by atoms with Crippen molar-refractivity contribution in [2.45, 2.75) is 24.6 Å². The van der Waals surface area contributed by atoms with Crippen LogP contribution in [-0.4, -0.2) is 66.3 Å². The number of rotatable bonds is 8. The molecule has 0 spiro atoms. The van der Waals surface area contributed by atoms with E-state index < -0.39 is 11.6 Å². The minimum atomic E-state index is -0.809. The highest BCUT2D eigenvalue weighted by atomic mass is 32.2. The van der Waals surface area contributed by atoms with Gasteiger partial charge in [-0.3, -0.25) is 14.7 Å². The Kier molecular flexibility index (Phi) is 7.58. The number of benzene rings is 1. The molecule has 162 valence electrons. The molecule has 8 heteroatoms. The first kappa shape index (κ1) is 22.4. The van der Waals surface area contributed by atoms with Crippen molar-refractivity contribution in [1.29, 1.82) is 0 Å². The number of hydrogen-bond acceptors (Lipinski definition) is 7. The van der Waals surface area contributed by atoms with Gasteiger partial charge in [-0.1, -0.05) is 30.3 Å². The number of β-amino-alcohol motifs (C(OH)–C–C–N with tert-alkyl or cyclic N) is 1. The highest BCUT2D eigenvalue weighted by molar-refractivity contribution is 7.99. The standard InChI is InChI=1S/C22H29N3O4S/c1-28-18-9-11-23-17(21(18)29-2)13-25-12-10-22(19(26)14-25,24-20(27)15-30-3)16-7-5-4-6-8-16/h4-9,11,19,26H,10,12-15H2,1-3H3,(H,24,27)/t19-,22+/m1/s1. The van der Waals surface area contributed by atoms with Crippen molar-refractivity contribution in [2.24, 2.45) is 0 Å². The van der Waals surface area contributed by atoms with Crippen molar-refractivity contribution in [2.75, 3.05) is 39.3 Å². The van der Waals surface area contributed by atoms with Crippen molar-refractivity contribution in [3.8, 4) is 11.5 Å². The molecular weight excluding hydrogens is 402 g/mol. The normalized spacial score (nSPS) is 21.8. The second kappa shape index (κ2) is 10.1. The fraction of sp³-hybridized carbons (Fsp3) is 0.455. The Hall–Kier alpha value is -2.29. The smallest absolute Gasteiger partial charge is 0.230 e. The molecule has 0 bridgehead atoms. The molecule has 2 aromatic rings. The molecule has 1 aromatic carbocycles. The number of aromatic nitrogens is 1. The zero-order chi connectivity index (χ0) is 21.6. The number of thioether (sulfide) groups is 1. The maximum Gasteiger partial charge on any atom is 0.230 e. The molecule has 2 N–H and O–H groups in total. The summed E-state index contributed by atoms with van der Waals surface area (Å²) in [6.45, 7) is 1.60. The highest BCUT2D eigenvalue weighted by Gasteiger charge is 2.44. The Morgan fingerprint density at radius 1 is 1.30 bits per heavy atom. The number of nitrogens with zero attached hydrogens (tertiary/aromatic N) is 2. The molecule has 30 heavy (non-hydrogen) atoms. The number of amides is 1. The van der Waals surface area contributed by atoms with Crippen LogP contribution in [0.2, 0.25) is 0 Å². The van der Waals surface area contributed by atoms with Gasteiger partial charge in [0.05, 0.1) is 31.6 Å². The Balaban J connectivity index is 1.81. The van der Waals surface area contributed by atoms with E-state index in [9.17, 15) is 9.90 Å². The first-order valence-electron chi connectivity index (χ1n) is 9.85. The van der Waals surface area contributed by atoms with Crippen molar-refractivity contribution < 1.29 is 19.4 Å². The molecule has 0 unspecified atom stereocenters. The molecule has 2 atom stereocenters. The van der Waals surface area contributed by atoms with Crippen molar-refractivity contribution in [1.82, 2.24) is 15.2 Å². The Morgan fingerprint density at radius 3 is 2.70 bits per heavy atom. The van der Waals surface area contributed by atoms with Crippen molar-refractivity contribution in [3.05, 3.63) is 53.9 Å². The number of hydrogen-bond donors (Lipinski definition) is 2. The lowest BCUT2D eigenvalue weighted by Gasteiger charge is -2.46. The van der Waals surface area contributed by atoms with E-state index in [1.165, 1.54) is 11.8 Å². The van der Waals surface area contributed by atoms with E-state index >= 15 is 0 Å². The minimum Gasteiger partial charge on any atom is -0.493 e. The Bertz CT molecular complexity index is 852. The lowest BCUT2D eigenvalue weighted by Crippen LogP contribution is -2.62. The molecule has 7 nitrogen and oxygen atoms in total. The molecule has 1 aliphatic heterocycles. The summed E-state index contributed by atoms with van der Waals surface area (Å²) < 4.78 is 10.9. The maximum atomic E-state index is 12.5. The SMILES string of the molecule is COc1ccnc(CN2CC[C@](NC(=O)CSC)(c3ccccc3)[C@H](O)C2)c1OC. The summed E-state index contributed by atoms with van der Waals surface area (Å²) in [6, 6.07) is 11.5. The highest BCUT2D eigenvalue weighted by Crippen LogP contribution is 2.35. The van der Waals surface area contributed by atoms with Crippen LogP contribution in [0.4, 0.5) is 0 Å². The van der Waals surface area contributed by atoms with Gasteiger partial charge < -0.3 is 19.9 Å². The number of ether oxygens (including phenoxy) is 2. The van der Waals surface area contributed by atoms with Crippen LogP contribution >= 0.6 is 11.8 Å². The lowest BCUT2D eigenvalue weighted by atomic mass is 9.78. The second-order valence-corrected chi connectivity index (χ2v) is 8.18. The predicted molar refractivity (Wildman–Crippen MR) is 118 cm³/mol. The van der Waals surface area contributed by atoms with Crippen LogP contribution < -0.4 is 14.8 Å². The molecular formula is C22H29N3O4S. The lowest BCUT2D eigenvalue weighted by molar-refractivity contribution is -0.124. The summed E-state index contributed by atoms with van der Waals surface area (Å²) in [6.07, 6.45) is 3.40. The molecule has 0 aliphatic carbocycles. The van der Waals surface area contributed by atoms with Crippen molar-refractivity contribution in [3.63, 3.8) is 0 Å². The van der Waals surface area contributed by atoms with Crippen molar-refractivity contribution >= 4 is 17.7 Å². The van der Waals surface area contributed by atoms with E-state index in [1.54, 1.807) is 26.5 Å². The number of aliphatic hydroxyl groups excluding tert-OH is 1. The molecule has 1 fully saturated rings. The number of piperidine rings is 1. The molecule has 1 aromatic heterocycles. The van der Waals surface area contributed by atoms with Gasteiger partial charge in [-0.2, -0.15) is 11.8 Å². The van der Waals surface area contributed by atoms with Crippen LogP contribution in [0.1, 0.15) is 17.7 Å². The number of pyridine rings is 1. The van der Waals surface area contributed by atoms with Crippen LogP contribution in [0.5, 0.6) is 11.5 Å². The molecule has 2 heterocycles. The molecule has 1 aliphatic rings. The zero-order valence-electron chi connectivity index (χ0n) is 17.6. The Labute approximate surface area is 181 Å². The van der Waals surface area contributed by atoms with E-state index in [4.69, 9.17) is 9.47 Å². The second-order valence-electron chi connectivity index (χ2n) is 7.31. The number of aliphatic hydroxyl groups is 1. The van der Waals surface area contributed by atoms with Gasteiger partial charge in [0.15, 0.2) is 11.5 Å². The van der Waals surface area contributed by atoms with Gasteiger partial charge in [0.1, 0.15) is 5.69 Å². The summed E-state index contributed by atoms with van der Waals surface area (Å²) in [5, 5.41) is 14.4. The van der Waals surface area contributed by atoms with Gasteiger partial charge in [-0.05, 0) is 18.2 Å². The first-order chi connectivity index (χ1) is 14.5. The molecule has 3 rings (SSSR count). The summed E-state index contributed by atoms with van der Waals surface area (Å²) in [7, 11) is 3.19. The minimum absolute atomic E-state index is 0.0741. The van der Waals surface area contributed by atoms with Gasteiger partial charge in [0, 0.05) is 31.9 Å². The van der Waals surface area contributed by atoms with Gasteiger partial charge in [0.2, 0.25) is 5.91 Å². The fourth-order valence-electron chi connectivity index (χ4n) is 4.02. The maximum absolute atomic E-state index is 12.5. The quantitative estimate of drug-likeness (QED) is 0.662. The third kappa shape index (κ3) is 4.71. The van der Waals surface area contributed by atoms with Gasteiger partial charge >= 0.3 is 0 Å². The van der Waals surface area contributed by atoms with Gasteiger partial charge in [-0.15, -0.1) is 0 Å². The fourth-order valence-corrected chi connectivity index (χ4v) is 4.35. The monoisotopic (exact) mass is 431 g/mol. The van der Waals surface area contributed by atoms with E-state index in [1.807, 2.05) is 36.6 Å². The van der Waals surface area contributed by atoms with Gasteiger partial charge in [-0.25, -0.2) is 0 Å². The number of nitrogens with one attached hydrogen (secondary N) is 1. The topological polar surface area (TPSA) is 83.9 Å². The average Bonchev–Trinajstić information content (AvgIpc) is 2.76. The van der Waals surface area contributed by atoms with Gasteiger partial charge in [0.25, 0.3) is 0 Å². The predicted octanol–water partition coefficient (Wildman–Crippen LogP) is 2.04. The number of carbonyl (C=O) groups excluding carboxylic acids is 1.